The van der Waals surface area contributed by atoms with E-state index >= 15 is 0 Å². The monoisotopic (exact) mass is 459 g/mol. The van der Waals surface area contributed by atoms with E-state index in [0.29, 0.717) is 25.9 Å². The SMILES string of the molecule is COC(=O)C1CCN(c2ncnc(Nc3cc(C(F)(F)F)ccc3Cl)c2[N+](=O)[O-])CC1. The van der Waals surface area contributed by atoms with E-state index in [2.05, 4.69) is 15.3 Å². The number of alkyl halides is 3. The van der Waals surface area contributed by atoms with Gasteiger partial charge in [0, 0.05) is 13.1 Å². The van der Waals surface area contributed by atoms with Crippen LogP contribution in [0.15, 0.2) is 24.5 Å². The molecule has 1 aromatic heterocycles. The standard InChI is InChI=1S/C18H17ClF3N5O4/c1-31-17(28)10-4-6-26(7-5-10)16-14(27(29)30)15(23-9-24-16)25-13-8-11(18(20,21)22)2-3-12(13)19/h2-3,8-10H,4-7H2,1H3,(H,23,24,25). The fourth-order valence-electron chi connectivity index (χ4n) is 3.28. The molecule has 31 heavy (non-hydrogen) atoms. The number of ether oxygens (including phenoxy) is 1. The fraction of sp³-hybridized carbons (Fsp3) is 0.389. The van der Waals surface area contributed by atoms with E-state index in [0.717, 1.165) is 24.5 Å². The van der Waals surface area contributed by atoms with Crippen molar-refractivity contribution in [2.24, 2.45) is 5.92 Å². The second-order valence-corrected chi connectivity index (χ2v) is 7.16. The van der Waals surface area contributed by atoms with Crippen LogP contribution in [0.4, 0.5) is 36.2 Å². The zero-order valence-corrected chi connectivity index (χ0v) is 16.9. The molecule has 0 spiro atoms. The minimum atomic E-state index is -4.62. The highest BCUT2D eigenvalue weighted by Gasteiger charge is 2.33. The number of nitrogens with one attached hydrogen (secondary N) is 1. The van der Waals surface area contributed by atoms with Gasteiger partial charge in [-0.2, -0.15) is 13.2 Å². The summed E-state index contributed by atoms with van der Waals surface area (Å²) >= 11 is 5.98. The van der Waals surface area contributed by atoms with Crippen molar-refractivity contribution < 1.29 is 27.6 Å². The number of esters is 1. The van der Waals surface area contributed by atoms with Gasteiger partial charge in [0.2, 0.25) is 11.6 Å². The van der Waals surface area contributed by atoms with Crippen LogP contribution < -0.4 is 10.2 Å². The van der Waals surface area contributed by atoms with Crippen LogP contribution in [0.25, 0.3) is 0 Å². The van der Waals surface area contributed by atoms with Gasteiger partial charge in [-0.15, -0.1) is 0 Å². The third-order valence-corrected chi connectivity index (χ3v) is 5.19. The Morgan fingerprint density at radius 3 is 2.58 bits per heavy atom. The van der Waals surface area contributed by atoms with Gasteiger partial charge < -0.3 is 15.0 Å². The van der Waals surface area contributed by atoms with Gasteiger partial charge >= 0.3 is 17.8 Å². The molecule has 0 amide bonds. The lowest BCUT2D eigenvalue weighted by molar-refractivity contribution is -0.383. The summed E-state index contributed by atoms with van der Waals surface area (Å²) in [6, 6.07) is 2.59. The van der Waals surface area contributed by atoms with E-state index in [-0.39, 0.29) is 34.2 Å². The van der Waals surface area contributed by atoms with Gasteiger partial charge in [-0.25, -0.2) is 9.97 Å². The summed E-state index contributed by atoms with van der Waals surface area (Å²) in [6.07, 6.45) is -2.72. The number of anilines is 3. The van der Waals surface area contributed by atoms with Crippen LogP contribution in [-0.4, -0.2) is 41.1 Å². The van der Waals surface area contributed by atoms with Crippen molar-refractivity contribution in [2.45, 2.75) is 19.0 Å². The number of hydrogen-bond donors (Lipinski definition) is 1. The van der Waals surface area contributed by atoms with Gasteiger partial charge in [-0.05, 0) is 31.0 Å². The Balaban J connectivity index is 1.92. The molecule has 1 N–H and O–H groups in total. The van der Waals surface area contributed by atoms with Crippen LogP contribution in [0.3, 0.4) is 0 Å². The van der Waals surface area contributed by atoms with Gasteiger partial charge in [0.25, 0.3) is 0 Å². The first-order valence-electron chi connectivity index (χ1n) is 9.07. The Labute approximate surface area is 179 Å². The lowest BCUT2D eigenvalue weighted by Crippen LogP contribution is -2.37. The van der Waals surface area contributed by atoms with Gasteiger partial charge in [-0.1, -0.05) is 11.6 Å². The zero-order valence-electron chi connectivity index (χ0n) is 16.1. The molecule has 1 aromatic carbocycles. The van der Waals surface area contributed by atoms with Gasteiger partial charge in [0.15, 0.2) is 0 Å². The number of methoxy groups -OCH3 is 1. The molecule has 2 aromatic rings. The largest absolute Gasteiger partial charge is 0.469 e. The number of hydrogen-bond acceptors (Lipinski definition) is 8. The van der Waals surface area contributed by atoms with Crippen molar-refractivity contribution in [3.8, 4) is 0 Å². The molecule has 0 atom stereocenters. The minimum absolute atomic E-state index is 0.00563. The predicted molar refractivity (Wildman–Crippen MR) is 105 cm³/mol. The number of halogens is 4. The number of carbonyl (C=O) groups excluding carboxylic acids is 1. The molecule has 9 nitrogen and oxygen atoms in total. The zero-order chi connectivity index (χ0) is 22.8. The molecule has 1 saturated heterocycles. The molecule has 0 radical (unpaired) electrons. The smallest absolute Gasteiger partial charge is 0.416 e. The average Bonchev–Trinajstić information content (AvgIpc) is 2.73. The molecule has 2 heterocycles. The van der Waals surface area contributed by atoms with Crippen LogP contribution in [0.2, 0.25) is 5.02 Å². The molecular formula is C18H17ClF3N5O4. The first-order valence-corrected chi connectivity index (χ1v) is 9.45. The van der Waals surface area contributed by atoms with Crippen LogP contribution in [0.1, 0.15) is 18.4 Å². The fourth-order valence-corrected chi connectivity index (χ4v) is 3.44. The summed E-state index contributed by atoms with van der Waals surface area (Å²) in [5.41, 5.74) is -1.66. The third kappa shape index (κ3) is 4.95. The Bertz CT molecular complexity index is 997. The Kier molecular flexibility index (Phi) is 6.48. The maximum Gasteiger partial charge on any atom is 0.416 e. The highest BCUT2D eigenvalue weighted by atomic mass is 35.5. The number of carbonyl (C=O) groups is 1. The van der Waals surface area contributed by atoms with Crippen molar-refractivity contribution in [1.29, 1.82) is 0 Å². The van der Waals surface area contributed by atoms with Crippen LogP contribution in [-0.2, 0) is 15.7 Å². The maximum atomic E-state index is 13.0. The topological polar surface area (TPSA) is 110 Å². The Morgan fingerprint density at radius 1 is 1.32 bits per heavy atom. The lowest BCUT2D eigenvalue weighted by atomic mass is 9.97. The first kappa shape index (κ1) is 22.5. The van der Waals surface area contributed by atoms with Crippen molar-refractivity contribution >= 4 is 40.6 Å². The number of rotatable bonds is 5. The third-order valence-electron chi connectivity index (χ3n) is 4.86. The Morgan fingerprint density at radius 2 is 2.00 bits per heavy atom. The molecule has 0 saturated carbocycles. The Hall–Kier alpha value is -3.15. The number of nitro groups is 1. The van der Waals surface area contributed by atoms with Crippen molar-refractivity contribution in [1.82, 2.24) is 9.97 Å². The van der Waals surface area contributed by atoms with E-state index in [1.807, 2.05) is 0 Å². The highest BCUT2D eigenvalue weighted by Crippen LogP contribution is 2.39. The molecule has 1 aliphatic rings. The van der Waals surface area contributed by atoms with Gasteiger partial charge in [-0.3, -0.25) is 14.9 Å². The van der Waals surface area contributed by atoms with Gasteiger partial charge in [0.1, 0.15) is 6.33 Å². The number of aromatic nitrogens is 2. The molecule has 166 valence electrons. The van der Waals surface area contributed by atoms with Crippen molar-refractivity contribution in [3.63, 3.8) is 0 Å². The van der Waals surface area contributed by atoms with Crippen molar-refractivity contribution in [3.05, 3.63) is 45.2 Å². The maximum absolute atomic E-state index is 13.0. The summed E-state index contributed by atoms with van der Waals surface area (Å²) in [4.78, 5) is 32.2. The molecule has 1 fully saturated rings. The van der Waals surface area contributed by atoms with Gasteiger partial charge in [0.05, 0.1) is 34.2 Å². The number of piperidine rings is 1. The average molecular weight is 460 g/mol. The molecule has 0 aliphatic carbocycles. The van der Waals surface area contributed by atoms with E-state index in [4.69, 9.17) is 16.3 Å². The van der Waals surface area contributed by atoms with E-state index in [1.54, 1.807) is 4.90 Å². The summed E-state index contributed by atoms with van der Waals surface area (Å²) in [6.45, 7) is 0.614. The van der Waals surface area contributed by atoms with E-state index in [9.17, 15) is 28.1 Å². The summed E-state index contributed by atoms with van der Waals surface area (Å²) in [7, 11) is 1.29. The molecule has 0 bridgehead atoms. The molecule has 1 aliphatic heterocycles. The lowest BCUT2D eigenvalue weighted by Gasteiger charge is -2.31. The normalized spacial score (nSPS) is 14.9. The summed E-state index contributed by atoms with van der Waals surface area (Å²) in [5, 5.41) is 14.2. The highest BCUT2D eigenvalue weighted by molar-refractivity contribution is 6.33. The van der Waals surface area contributed by atoms with Crippen molar-refractivity contribution in [2.75, 3.05) is 30.4 Å². The molecular weight excluding hydrogens is 443 g/mol. The molecule has 13 heteroatoms. The van der Waals surface area contributed by atoms with Crippen LogP contribution in [0.5, 0.6) is 0 Å². The number of nitrogens with zero attached hydrogens (tertiary/aromatic N) is 4. The number of benzene rings is 1. The summed E-state index contributed by atoms with van der Waals surface area (Å²) < 4.78 is 43.8. The van der Waals surface area contributed by atoms with E-state index in [1.165, 1.54) is 7.11 Å². The summed E-state index contributed by atoms with van der Waals surface area (Å²) in [5.74, 6) is -0.970. The predicted octanol–water partition coefficient (Wildman–Crippen LogP) is 4.19. The molecule has 3 rings (SSSR count). The van der Waals surface area contributed by atoms with Crippen LogP contribution >= 0.6 is 11.6 Å². The first-order chi connectivity index (χ1) is 14.6. The van der Waals surface area contributed by atoms with E-state index < -0.39 is 22.4 Å². The molecule has 0 unspecified atom stereocenters. The second-order valence-electron chi connectivity index (χ2n) is 6.75. The second kappa shape index (κ2) is 8.92. The minimum Gasteiger partial charge on any atom is -0.469 e. The van der Waals surface area contributed by atoms with Crippen LogP contribution in [0, 0.1) is 16.0 Å². The quantitative estimate of drug-likeness (QED) is 0.402.